The van der Waals surface area contributed by atoms with Gasteiger partial charge in [0.1, 0.15) is 0 Å². The lowest BCUT2D eigenvalue weighted by atomic mass is 9.78. The number of halogens is 3. The van der Waals surface area contributed by atoms with Gasteiger partial charge in [-0.3, -0.25) is 0 Å². The number of carbonyl (C=O) groups excluding carboxylic acids is 2. The summed E-state index contributed by atoms with van der Waals surface area (Å²) < 4.78 is 58.0. The number of hydrogen-bond donors (Lipinski definition) is 1. The minimum atomic E-state index is -4.72. The normalized spacial score (nSPS) is 15.9. The molecule has 37 heavy (non-hydrogen) atoms. The monoisotopic (exact) mass is 517 g/mol. The van der Waals surface area contributed by atoms with Crippen molar-refractivity contribution < 1.29 is 37.0 Å². The standard InChI is InChI=1S/C28H30F3NO5/c1-4-37-27(34)25-22(17-36-16-10-13-19-11-6-5-7-12-19)32-18(2)23(26(33)35-3)24(25)20-14-8-9-15-21(20)28(29,30)31/h5-9,11-12,14-15,24,32H,4,10,13,16-17H2,1-3H3. The number of dihydropyridines is 1. The molecule has 1 heterocycles. The van der Waals surface area contributed by atoms with E-state index in [9.17, 15) is 22.8 Å². The highest BCUT2D eigenvalue weighted by Gasteiger charge is 2.43. The molecule has 1 N–H and O–H groups in total. The third kappa shape index (κ3) is 6.80. The number of carbonyl (C=O) groups is 2. The SMILES string of the molecule is CCOC(=O)C1=C(COCCCc2ccccc2)NC(C)=C(C(=O)OC)C1c1ccccc1C(F)(F)F. The van der Waals surface area contributed by atoms with E-state index in [4.69, 9.17) is 14.2 Å². The van der Waals surface area contributed by atoms with E-state index in [1.807, 2.05) is 30.3 Å². The zero-order chi connectivity index (χ0) is 27.0. The summed E-state index contributed by atoms with van der Waals surface area (Å²) in [6, 6.07) is 14.7. The van der Waals surface area contributed by atoms with Crippen LogP contribution in [0.1, 0.15) is 42.9 Å². The molecule has 1 unspecified atom stereocenters. The van der Waals surface area contributed by atoms with Crippen LogP contribution in [0.5, 0.6) is 0 Å². The average molecular weight is 518 g/mol. The highest BCUT2D eigenvalue weighted by molar-refractivity contribution is 6.00. The van der Waals surface area contributed by atoms with Crippen LogP contribution in [0, 0.1) is 0 Å². The predicted molar refractivity (Wildman–Crippen MR) is 131 cm³/mol. The van der Waals surface area contributed by atoms with Gasteiger partial charge in [0.25, 0.3) is 0 Å². The summed E-state index contributed by atoms with van der Waals surface area (Å²) in [6.45, 7) is 3.41. The molecule has 198 valence electrons. The first-order valence-electron chi connectivity index (χ1n) is 11.9. The molecule has 0 saturated carbocycles. The Kier molecular flexibility index (Phi) is 9.52. The van der Waals surface area contributed by atoms with Crippen LogP contribution in [0.2, 0.25) is 0 Å². The van der Waals surface area contributed by atoms with Crippen molar-refractivity contribution in [3.05, 3.63) is 93.8 Å². The lowest BCUT2D eigenvalue weighted by Gasteiger charge is -2.32. The fraction of sp³-hybridized carbons (Fsp3) is 0.357. The molecular weight excluding hydrogens is 487 g/mol. The van der Waals surface area contributed by atoms with Crippen LogP contribution in [0.4, 0.5) is 13.2 Å². The van der Waals surface area contributed by atoms with Crippen molar-refractivity contribution in [1.29, 1.82) is 0 Å². The summed E-state index contributed by atoms with van der Waals surface area (Å²) in [7, 11) is 1.13. The molecule has 1 atom stereocenters. The summed E-state index contributed by atoms with van der Waals surface area (Å²) in [4.78, 5) is 25.9. The third-order valence-electron chi connectivity index (χ3n) is 5.97. The van der Waals surface area contributed by atoms with Crippen LogP contribution < -0.4 is 5.32 Å². The summed E-state index contributed by atoms with van der Waals surface area (Å²) in [6.07, 6.45) is -3.23. The molecule has 0 aliphatic carbocycles. The largest absolute Gasteiger partial charge is 0.466 e. The lowest BCUT2D eigenvalue weighted by Crippen LogP contribution is -2.35. The van der Waals surface area contributed by atoms with Gasteiger partial charge in [0.15, 0.2) is 0 Å². The Balaban J connectivity index is 2.00. The number of allylic oxidation sites excluding steroid dienone is 1. The van der Waals surface area contributed by atoms with Gasteiger partial charge < -0.3 is 19.5 Å². The molecule has 0 aromatic heterocycles. The fourth-order valence-corrected chi connectivity index (χ4v) is 4.36. The van der Waals surface area contributed by atoms with E-state index in [0.29, 0.717) is 13.0 Å². The summed E-state index contributed by atoms with van der Waals surface area (Å²) in [5.41, 5.74) is 0.235. The zero-order valence-corrected chi connectivity index (χ0v) is 21.0. The van der Waals surface area contributed by atoms with E-state index in [1.165, 1.54) is 18.2 Å². The molecule has 2 aromatic rings. The second kappa shape index (κ2) is 12.6. The second-order valence-electron chi connectivity index (χ2n) is 8.43. The van der Waals surface area contributed by atoms with Gasteiger partial charge in [0, 0.05) is 12.3 Å². The highest BCUT2D eigenvalue weighted by Crippen LogP contribution is 2.44. The minimum Gasteiger partial charge on any atom is -0.466 e. The number of ether oxygens (including phenoxy) is 3. The van der Waals surface area contributed by atoms with E-state index >= 15 is 0 Å². The number of hydrogen-bond acceptors (Lipinski definition) is 6. The van der Waals surface area contributed by atoms with Crippen molar-refractivity contribution >= 4 is 11.9 Å². The zero-order valence-electron chi connectivity index (χ0n) is 21.0. The Morgan fingerprint density at radius 2 is 1.65 bits per heavy atom. The molecule has 0 saturated heterocycles. The summed E-state index contributed by atoms with van der Waals surface area (Å²) in [5.74, 6) is -3.06. The lowest BCUT2D eigenvalue weighted by molar-refractivity contribution is -0.141. The van der Waals surface area contributed by atoms with Crippen molar-refractivity contribution in [2.75, 3.05) is 26.9 Å². The number of esters is 2. The first-order valence-corrected chi connectivity index (χ1v) is 11.9. The number of methoxy groups -OCH3 is 1. The first kappa shape index (κ1) is 28.0. The molecule has 0 bridgehead atoms. The van der Waals surface area contributed by atoms with Crippen LogP contribution in [0.25, 0.3) is 0 Å². The van der Waals surface area contributed by atoms with Gasteiger partial charge in [-0.15, -0.1) is 0 Å². The molecule has 0 spiro atoms. The molecular formula is C28H30F3NO5. The van der Waals surface area contributed by atoms with Gasteiger partial charge in [0.2, 0.25) is 0 Å². The number of rotatable bonds is 10. The van der Waals surface area contributed by atoms with Crippen molar-refractivity contribution in [1.82, 2.24) is 5.32 Å². The van der Waals surface area contributed by atoms with Crippen LogP contribution in [-0.2, 0) is 36.4 Å². The quantitative estimate of drug-likeness (QED) is 0.340. The van der Waals surface area contributed by atoms with Gasteiger partial charge in [-0.2, -0.15) is 13.2 Å². The van der Waals surface area contributed by atoms with Gasteiger partial charge >= 0.3 is 18.1 Å². The number of alkyl halides is 3. The number of nitrogens with one attached hydrogen (secondary N) is 1. The molecule has 0 amide bonds. The minimum absolute atomic E-state index is 0.00254. The van der Waals surface area contributed by atoms with Crippen LogP contribution in [-0.4, -0.2) is 38.9 Å². The smallest absolute Gasteiger partial charge is 0.416 e. The number of aryl methyl sites for hydroxylation is 1. The van der Waals surface area contributed by atoms with Crippen LogP contribution in [0.3, 0.4) is 0 Å². The van der Waals surface area contributed by atoms with E-state index in [1.54, 1.807) is 13.8 Å². The van der Waals surface area contributed by atoms with Crippen molar-refractivity contribution in [2.45, 2.75) is 38.8 Å². The van der Waals surface area contributed by atoms with Crippen LogP contribution >= 0.6 is 0 Å². The van der Waals surface area contributed by atoms with Crippen LogP contribution in [0.15, 0.2) is 77.1 Å². The van der Waals surface area contributed by atoms with Gasteiger partial charge in [-0.25, -0.2) is 9.59 Å². The molecule has 1 aliphatic rings. The maximum atomic E-state index is 14.0. The number of benzene rings is 2. The predicted octanol–water partition coefficient (Wildman–Crippen LogP) is 5.31. The maximum Gasteiger partial charge on any atom is 0.416 e. The third-order valence-corrected chi connectivity index (χ3v) is 5.97. The Morgan fingerprint density at radius 3 is 2.30 bits per heavy atom. The van der Waals surface area contributed by atoms with E-state index in [-0.39, 0.29) is 41.3 Å². The molecule has 2 aromatic carbocycles. The molecule has 0 radical (unpaired) electrons. The maximum absolute atomic E-state index is 14.0. The second-order valence-corrected chi connectivity index (χ2v) is 8.43. The molecule has 0 fully saturated rings. The van der Waals surface area contributed by atoms with Gasteiger partial charge in [0.05, 0.1) is 48.6 Å². The van der Waals surface area contributed by atoms with Gasteiger partial charge in [-0.05, 0) is 43.9 Å². The van der Waals surface area contributed by atoms with E-state index in [2.05, 4.69) is 5.32 Å². The van der Waals surface area contributed by atoms with E-state index in [0.717, 1.165) is 25.2 Å². The summed E-state index contributed by atoms with van der Waals surface area (Å²) in [5, 5.41) is 2.99. The van der Waals surface area contributed by atoms with Crippen molar-refractivity contribution in [3.8, 4) is 0 Å². The Hall–Kier alpha value is -3.59. The Morgan fingerprint density at radius 1 is 0.973 bits per heavy atom. The Bertz CT molecular complexity index is 1170. The van der Waals surface area contributed by atoms with Crippen molar-refractivity contribution in [3.63, 3.8) is 0 Å². The topological polar surface area (TPSA) is 73.9 Å². The molecule has 9 heteroatoms. The first-order chi connectivity index (χ1) is 17.7. The van der Waals surface area contributed by atoms with Crippen molar-refractivity contribution in [2.24, 2.45) is 0 Å². The van der Waals surface area contributed by atoms with E-state index < -0.39 is 29.6 Å². The highest BCUT2D eigenvalue weighted by atomic mass is 19.4. The molecule has 3 rings (SSSR count). The average Bonchev–Trinajstić information content (AvgIpc) is 2.87. The van der Waals surface area contributed by atoms with Gasteiger partial charge in [-0.1, -0.05) is 48.5 Å². The fourth-order valence-electron chi connectivity index (χ4n) is 4.36. The molecule has 6 nitrogen and oxygen atoms in total. The molecule has 1 aliphatic heterocycles. The Labute approximate surface area is 214 Å². The summed E-state index contributed by atoms with van der Waals surface area (Å²) >= 11 is 0.